The molecule has 0 saturated heterocycles. The fraction of sp³-hybridized carbons (Fsp3) is 0.231. The number of rotatable bonds is 6. The molecule has 0 aliphatic rings. The van der Waals surface area contributed by atoms with E-state index in [2.05, 4.69) is 10.6 Å². The number of amides is 1. The number of hydroxylamine groups is 1. The van der Waals surface area contributed by atoms with E-state index in [-0.39, 0.29) is 5.91 Å². The molecule has 0 saturated carbocycles. The van der Waals surface area contributed by atoms with Crippen LogP contribution >= 0.6 is 0 Å². The minimum absolute atomic E-state index is 0.301. The molecule has 2 aromatic rings. The number of carbonyl (C=O) groups is 1. The predicted octanol–water partition coefficient (Wildman–Crippen LogP) is 1.18. The van der Waals surface area contributed by atoms with Crippen LogP contribution in [0, 0.1) is 0 Å². The Balaban J connectivity index is 1.95. The fourth-order valence-corrected chi connectivity index (χ4v) is 1.46. The molecule has 2 rings (SSSR count). The van der Waals surface area contributed by atoms with Crippen molar-refractivity contribution in [2.45, 2.75) is 0 Å². The van der Waals surface area contributed by atoms with Crippen LogP contribution in [0.5, 0.6) is 0 Å². The van der Waals surface area contributed by atoms with Gasteiger partial charge >= 0.3 is 0 Å². The molecule has 0 aliphatic carbocycles. The summed E-state index contributed by atoms with van der Waals surface area (Å²) in [6.45, 7) is 0.721. The molecule has 1 amide bonds. The maximum Gasteiger partial charge on any atom is 0.278 e. The summed E-state index contributed by atoms with van der Waals surface area (Å²) in [4.78, 5) is 16.7. The van der Waals surface area contributed by atoms with Crippen molar-refractivity contribution in [3.05, 3.63) is 48.3 Å². The number of nitrogens with zero attached hydrogens (tertiary/aromatic N) is 2. The highest BCUT2D eigenvalue weighted by atomic mass is 16.7. The smallest absolute Gasteiger partial charge is 0.278 e. The van der Waals surface area contributed by atoms with E-state index >= 15 is 0 Å². The topological polar surface area (TPSA) is 65.4 Å². The van der Waals surface area contributed by atoms with Crippen LogP contribution in [0.4, 0.5) is 0 Å². The lowest BCUT2D eigenvalue weighted by atomic mass is 10.3. The molecular weight excluding hydrogens is 246 g/mol. The van der Waals surface area contributed by atoms with Gasteiger partial charge in [-0.2, -0.15) is 5.10 Å². The monoisotopic (exact) mass is 261 g/mol. The lowest BCUT2D eigenvalue weighted by molar-refractivity contribution is 0.00888. The molecule has 0 unspecified atom stereocenters. The molecule has 0 atom stereocenters. The fourth-order valence-electron chi connectivity index (χ4n) is 1.46. The summed E-state index contributed by atoms with van der Waals surface area (Å²) >= 11 is 0. The molecule has 1 N–H and O–H groups in total. The van der Waals surface area contributed by atoms with Gasteiger partial charge in [0.2, 0.25) is 0 Å². The number of carbonyl (C=O) groups excluding carboxylic acids is 1. The second kappa shape index (κ2) is 6.67. The van der Waals surface area contributed by atoms with Crippen molar-refractivity contribution >= 4 is 5.91 Å². The van der Waals surface area contributed by atoms with E-state index in [4.69, 9.17) is 9.57 Å². The van der Waals surface area contributed by atoms with Crippen LogP contribution in [0.15, 0.2) is 42.7 Å². The van der Waals surface area contributed by atoms with E-state index in [1.165, 1.54) is 6.20 Å². The van der Waals surface area contributed by atoms with Gasteiger partial charge in [-0.15, -0.1) is 0 Å². The molecule has 100 valence electrons. The maximum atomic E-state index is 11.7. The highest BCUT2D eigenvalue weighted by molar-refractivity contribution is 5.93. The zero-order valence-corrected chi connectivity index (χ0v) is 10.6. The molecule has 19 heavy (non-hydrogen) atoms. The van der Waals surface area contributed by atoms with E-state index in [1.54, 1.807) is 18.0 Å². The Labute approximate surface area is 110 Å². The van der Waals surface area contributed by atoms with E-state index in [0.717, 1.165) is 5.69 Å². The molecule has 6 heteroatoms. The molecule has 1 aromatic heterocycles. The van der Waals surface area contributed by atoms with Crippen molar-refractivity contribution in [2.24, 2.45) is 0 Å². The van der Waals surface area contributed by atoms with Crippen molar-refractivity contribution in [3.8, 4) is 5.69 Å². The van der Waals surface area contributed by atoms with Crippen LogP contribution in [-0.4, -0.2) is 36.0 Å². The number of para-hydroxylation sites is 1. The SMILES string of the molecule is COCCONC(=O)c1cnn(-c2ccccc2)c1. The van der Waals surface area contributed by atoms with Crippen LogP contribution in [0.25, 0.3) is 5.69 Å². The molecule has 6 nitrogen and oxygen atoms in total. The summed E-state index contributed by atoms with van der Waals surface area (Å²) in [5, 5.41) is 4.13. The summed E-state index contributed by atoms with van der Waals surface area (Å²) in [6, 6.07) is 9.55. The number of ether oxygens (including phenoxy) is 1. The Morgan fingerprint density at radius 1 is 1.32 bits per heavy atom. The van der Waals surface area contributed by atoms with Crippen molar-refractivity contribution in [1.29, 1.82) is 0 Å². The maximum absolute atomic E-state index is 11.7. The Kier molecular flexibility index (Phi) is 4.66. The van der Waals surface area contributed by atoms with Gasteiger partial charge in [0.15, 0.2) is 0 Å². The first-order valence-corrected chi connectivity index (χ1v) is 5.82. The largest absolute Gasteiger partial charge is 0.382 e. The number of hydrogen-bond donors (Lipinski definition) is 1. The van der Waals surface area contributed by atoms with Gasteiger partial charge in [-0.05, 0) is 12.1 Å². The van der Waals surface area contributed by atoms with Gasteiger partial charge in [0.1, 0.15) is 0 Å². The van der Waals surface area contributed by atoms with E-state index in [9.17, 15) is 4.79 Å². The molecule has 0 radical (unpaired) electrons. The lowest BCUT2D eigenvalue weighted by Gasteiger charge is -2.03. The predicted molar refractivity (Wildman–Crippen MR) is 68.9 cm³/mol. The highest BCUT2D eigenvalue weighted by Gasteiger charge is 2.09. The van der Waals surface area contributed by atoms with Crippen LogP contribution in [-0.2, 0) is 9.57 Å². The third-order valence-electron chi connectivity index (χ3n) is 2.42. The van der Waals surface area contributed by atoms with Gasteiger partial charge < -0.3 is 4.74 Å². The second-order valence-corrected chi connectivity index (χ2v) is 3.78. The lowest BCUT2D eigenvalue weighted by Crippen LogP contribution is -2.25. The third kappa shape index (κ3) is 3.64. The number of hydrogen-bond acceptors (Lipinski definition) is 4. The summed E-state index contributed by atoms with van der Waals surface area (Å²) in [6.07, 6.45) is 3.13. The van der Waals surface area contributed by atoms with E-state index < -0.39 is 0 Å². The molecule has 0 bridgehead atoms. The second-order valence-electron chi connectivity index (χ2n) is 3.78. The third-order valence-corrected chi connectivity index (χ3v) is 2.42. The van der Waals surface area contributed by atoms with Crippen molar-refractivity contribution in [2.75, 3.05) is 20.3 Å². The molecule has 0 spiro atoms. The Bertz CT molecular complexity index is 525. The summed E-state index contributed by atoms with van der Waals surface area (Å²) in [5.41, 5.74) is 3.65. The van der Waals surface area contributed by atoms with Crippen LogP contribution in [0.3, 0.4) is 0 Å². The zero-order chi connectivity index (χ0) is 13.5. The van der Waals surface area contributed by atoms with Crippen molar-refractivity contribution < 1.29 is 14.4 Å². The Hall–Kier alpha value is -2.18. The summed E-state index contributed by atoms with van der Waals surface area (Å²) in [5.74, 6) is -0.335. The molecule has 0 fully saturated rings. The van der Waals surface area contributed by atoms with Gasteiger partial charge in [-0.3, -0.25) is 9.63 Å². The first-order chi connectivity index (χ1) is 9.31. The Morgan fingerprint density at radius 3 is 2.84 bits per heavy atom. The summed E-state index contributed by atoms with van der Waals surface area (Å²) in [7, 11) is 1.56. The van der Waals surface area contributed by atoms with Crippen molar-refractivity contribution in [1.82, 2.24) is 15.3 Å². The first kappa shape index (κ1) is 13.3. The molecule has 1 aromatic carbocycles. The van der Waals surface area contributed by atoms with Gasteiger partial charge in [0, 0.05) is 13.3 Å². The van der Waals surface area contributed by atoms with Gasteiger partial charge in [0.05, 0.1) is 30.7 Å². The minimum Gasteiger partial charge on any atom is -0.382 e. The molecular formula is C13H15N3O3. The van der Waals surface area contributed by atoms with Crippen LogP contribution in [0.1, 0.15) is 10.4 Å². The molecule has 0 aliphatic heterocycles. The number of nitrogens with one attached hydrogen (secondary N) is 1. The average Bonchev–Trinajstić information content (AvgIpc) is 2.94. The van der Waals surface area contributed by atoms with Crippen molar-refractivity contribution in [3.63, 3.8) is 0 Å². The average molecular weight is 261 g/mol. The van der Waals surface area contributed by atoms with E-state index in [1.807, 2.05) is 30.3 Å². The highest BCUT2D eigenvalue weighted by Crippen LogP contribution is 2.07. The zero-order valence-electron chi connectivity index (χ0n) is 10.6. The van der Waals surface area contributed by atoms with Gasteiger partial charge in [-0.1, -0.05) is 18.2 Å². The number of aromatic nitrogens is 2. The standard InChI is InChI=1S/C13H15N3O3/c1-18-7-8-19-15-13(17)11-9-14-16(10-11)12-5-3-2-4-6-12/h2-6,9-10H,7-8H2,1H3,(H,15,17). The number of benzene rings is 1. The first-order valence-electron chi connectivity index (χ1n) is 5.82. The van der Waals surface area contributed by atoms with Gasteiger partial charge in [-0.25, -0.2) is 10.2 Å². The normalized spacial score (nSPS) is 10.4. The van der Waals surface area contributed by atoms with Crippen LogP contribution in [0.2, 0.25) is 0 Å². The van der Waals surface area contributed by atoms with Gasteiger partial charge in [0.25, 0.3) is 5.91 Å². The quantitative estimate of drug-likeness (QED) is 0.626. The minimum atomic E-state index is -0.335. The molecule has 1 heterocycles. The summed E-state index contributed by atoms with van der Waals surface area (Å²) < 4.78 is 6.43. The number of methoxy groups -OCH3 is 1. The van der Waals surface area contributed by atoms with E-state index in [0.29, 0.717) is 18.8 Å². The Morgan fingerprint density at radius 2 is 2.11 bits per heavy atom. The van der Waals surface area contributed by atoms with Crippen LogP contribution < -0.4 is 5.48 Å².